The van der Waals surface area contributed by atoms with Crippen LogP contribution in [0.5, 0.6) is 0 Å². The van der Waals surface area contributed by atoms with Gasteiger partial charge in [0.05, 0.1) is 34.3 Å². The number of nitrogens with one attached hydrogen (secondary N) is 1. The molecule has 0 radical (unpaired) electrons. The zero-order valence-electron chi connectivity index (χ0n) is 16.8. The Bertz CT molecular complexity index is 1170. The Hall–Kier alpha value is -3.32. The Morgan fingerprint density at radius 1 is 1.03 bits per heavy atom. The molecule has 4 aromatic rings. The first-order chi connectivity index (χ1) is 14.1. The fraction of sp³-hybridized carbons (Fsp3) is 0.273. The standard InChI is InChI=1S/C22H23N7/c1-14-5-4-6-20(25-14)22-17(11-24-27-22)18-7-8-19-21(26-18)9-15(10-23-19)29-12-16(13-29)28(2)3/h4-11,16H,12-13H2,1-3H3,(H,24,27). The molecule has 0 amide bonds. The highest BCUT2D eigenvalue weighted by atomic mass is 15.3. The monoisotopic (exact) mass is 385 g/mol. The van der Waals surface area contributed by atoms with Crippen LogP contribution < -0.4 is 4.90 Å². The fourth-order valence-electron chi connectivity index (χ4n) is 3.67. The molecule has 1 fully saturated rings. The number of anilines is 1. The predicted octanol–water partition coefficient (Wildman–Crippen LogP) is 3.14. The average molecular weight is 385 g/mol. The van der Waals surface area contributed by atoms with Gasteiger partial charge in [-0.2, -0.15) is 5.10 Å². The van der Waals surface area contributed by atoms with Crippen LogP contribution in [0.25, 0.3) is 33.7 Å². The fourth-order valence-corrected chi connectivity index (χ4v) is 3.67. The van der Waals surface area contributed by atoms with Gasteiger partial charge in [-0.25, -0.2) is 4.98 Å². The van der Waals surface area contributed by atoms with Crippen LogP contribution >= 0.6 is 0 Å². The molecule has 0 aliphatic carbocycles. The molecule has 146 valence electrons. The van der Waals surface area contributed by atoms with Crippen molar-refractivity contribution in [3.05, 3.63) is 54.5 Å². The quantitative estimate of drug-likeness (QED) is 0.582. The lowest BCUT2D eigenvalue weighted by atomic mass is 10.1. The maximum atomic E-state index is 4.89. The van der Waals surface area contributed by atoms with Crippen molar-refractivity contribution in [1.29, 1.82) is 0 Å². The zero-order chi connectivity index (χ0) is 20.0. The zero-order valence-corrected chi connectivity index (χ0v) is 16.8. The van der Waals surface area contributed by atoms with Crippen LogP contribution in [0.15, 0.2) is 48.8 Å². The van der Waals surface area contributed by atoms with Gasteiger partial charge in [-0.15, -0.1) is 0 Å². The Labute approximate surface area is 169 Å². The van der Waals surface area contributed by atoms with Gasteiger partial charge in [-0.1, -0.05) is 6.07 Å². The third-order valence-electron chi connectivity index (χ3n) is 5.53. The molecule has 0 bridgehead atoms. The van der Waals surface area contributed by atoms with Crippen LogP contribution in [0.1, 0.15) is 5.69 Å². The second-order valence-electron chi connectivity index (χ2n) is 7.76. The van der Waals surface area contributed by atoms with E-state index in [2.05, 4.69) is 50.1 Å². The van der Waals surface area contributed by atoms with Crippen LogP contribution in [0, 0.1) is 6.92 Å². The Morgan fingerprint density at radius 2 is 1.90 bits per heavy atom. The van der Waals surface area contributed by atoms with Gasteiger partial charge in [0.25, 0.3) is 0 Å². The highest BCUT2D eigenvalue weighted by molar-refractivity contribution is 5.84. The molecular weight excluding hydrogens is 362 g/mol. The summed E-state index contributed by atoms with van der Waals surface area (Å²) in [6, 6.07) is 12.7. The topological polar surface area (TPSA) is 73.8 Å². The van der Waals surface area contributed by atoms with E-state index in [-0.39, 0.29) is 0 Å². The lowest BCUT2D eigenvalue weighted by Gasteiger charge is -2.44. The highest BCUT2D eigenvalue weighted by Crippen LogP contribution is 2.30. The number of aryl methyl sites for hydroxylation is 1. The van der Waals surface area contributed by atoms with Crippen molar-refractivity contribution in [3.8, 4) is 22.6 Å². The van der Waals surface area contributed by atoms with Crippen LogP contribution in [-0.4, -0.2) is 63.3 Å². The SMILES string of the molecule is Cc1cccc(-c2n[nH]cc2-c2ccc3ncc(N4CC(N(C)C)C4)cc3n2)n1. The smallest absolute Gasteiger partial charge is 0.120 e. The van der Waals surface area contributed by atoms with E-state index in [1.165, 1.54) is 0 Å². The van der Waals surface area contributed by atoms with Gasteiger partial charge in [-0.05, 0) is 51.4 Å². The first-order valence-electron chi connectivity index (χ1n) is 9.75. The predicted molar refractivity (Wildman–Crippen MR) is 115 cm³/mol. The minimum Gasteiger partial charge on any atom is -0.367 e. The number of hydrogen-bond donors (Lipinski definition) is 1. The number of hydrogen-bond acceptors (Lipinski definition) is 6. The molecule has 5 heterocycles. The van der Waals surface area contributed by atoms with E-state index in [1.807, 2.05) is 49.6 Å². The van der Waals surface area contributed by atoms with Gasteiger partial charge in [0, 0.05) is 36.6 Å². The molecule has 0 saturated carbocycles. The van der Waals surface area contributed by atoms with Gasteiger partial charge in [0.1, 0.15) is 5.69 Å². The van der Waals surface area contributed by atoms with Gasteiger partial charge in [-0.3, -0.25) is 15.1 Å². The first kappa shape index (κ1) is 17.8. The van der Waals surface area contributed by atoms with E-state index in [0.717, 1.165) is 58.1 Å². The molecule has 1 aliphatic heterocycles. The minimum atomic E-state index is 0.598. The van der Waals surface area contributed by atoms with E-state index in [9.17, 15) is 0 Å². The van der Waals surface area contributed by atoms with Crippen molar-refractivity contribution in [2.24, 2.45) is 0 Å². The molecule has 5 rings (SSSR count). The average Bonchev–Trinajstić information content (AvgIpc) is 3.16. The second kappa shape index (κ2) is 6.93. The Morgan fingerprint density at radius 3 is 2.69 bits per heavy atom. The molecule has 29 heavy (non-hydrogen) atoms. The number of aromatic amines is 1. The van der Waals surface area contributed by atoms with Crippen molar-refractivity contribution in [2.45, 2.75) is 13.0 Å². The van der Waals surface area contributed by atoms with Crippen molar-refractivity contribution >= 4 is 16.7 Å². The largest absolute Gasteiger partial charge is 0.367 e. The van der Waals surface area contributed by atoms with E-state index in [0.29, 0.717) is 6.04 Å². The Kier molecular flexibility index (Phi) is 4.24. The summed E-state index contributed by atoms with van der Waals surface area (Å²) in [6.07, 6.45) is 3.82. The van der Waals surface area contributed by atoms with Gasteiger partial charge in [0.2, 0.25) is 0 Å². The minimum absolute atomic E-state index is 0.598. The van der Waals surface area contributed by atoms with Crippen molar-refractivity contribution in [1.82, 2.24) is 30.0 Å². The third kappa shape index (κ3) is 3.23. The number of nitrogens with zero attached hydrogens (tertiary/aromatic N) is 6. The lowest BCUT2D eigenvalue weighted by Crippen LogP contribution is -2.57. The molecule has 1 saturated heterocycles. The lowest BCUT2D eigenvalue weighted by molar-refractivity contribution is 0.247. The molecular formula is C22H23N7. The molecule has 0 atom stereocenters. The molecule has 0 spiro atoms. The maximum absolute atomic E-state index is 4.89. The molecule has 4 aromatic heterocycles. The molecule has 0 aromatic carbocycles. The van der Waals surface area contributed by atoms with E-state index < -0.39 is 0 Å². The second-order valence-corrected chi connectivity index (χ2v) is 7.76. The number of likely N-dealkylation sites (N-methyl/N-ethyl adjacent to an activating group) is 1. The van der Waals surface area contributed by atoms with Crippen LogP contribution in [0.4, 0.5) is 5.69 Å². The Balaban J connectivity index is 1.50. The molecule has 7 heteroatoms. The molecule has 1 N–H and O–H groups in total. The summed E-state index contributed by atoms with van der Waals surface area (Å²) in [5.41, 5.74) is 7.30. The molecule has 1 aliphatic rings. The maximum Gasteiger partial charge on any atom is 0.120 e. The van der Waals surface area contributed by atoms with Crippen LogP contribution in [0.3, 0.4) is 0 Å². The highest BCUT2D eigenvalue weighted by Gasteiger charge is 2.28. The number of H-pyrrole nitrogens is 1. The van der Waals surface area contributed by atoms with E-state index in [1.54, 1.807) is 0 Å². The third-order valence-corrected chi connectivity index (χ3v) is 5.53. The number of aromatic nitrogens is 5. The van der Waals surface area contributed by atoms with E-state index >= 15 is 0 Å². The summed E-state index contributed by atoms with van der Waals surface area (Å²) in [5.74, 6) is 0. The van der Waals surface area contributed by atoms with Gasteiger partial charge < -0.3 is 9.80 Å². The van der Waals surface area contributed by atoms with Crippen molar-refractivity contribution in [3.63, 3.8) is 0 Å². The number of pyridine rings is 3. The first-order valence-corrected chi connectivity index (χ1v) is 9.75. The van der Waals surface area contributed by atoms with E-state index in [4.69, 9.17) is 4.98 Å². The number of fused-ring (bicyclic) bond motifs is 1. The van der Waals surface area contributed by atoms with Crippen LogP contribution in [-0.2, 0) is 0 Å². The van der Waals surface area contributed by atoms with Gasteiger partial charge >= 0.3 is 0 Å². The summed E-state index contributed by atoms with van der Waals surface area (Å²) in [5, 5.41) is 7.39. The van der Waals surface area contributed by atoms with Crippen molar-refractivity contribution in [2.75, 3.05) is 32.1 Å². The summed E-state index contributed by atoms with van der Waals surface area (Å²) in [6.45, 7) is 4.02. The van der Waals surface area contributed by atoms with Gasteiger partial charge in [0.15, 0.2) is 0 Å². The summed E-state index contributed by atoms with van der Waals surface area (Å²) in [4.78, 5) is 18.7. The summed E-state index contributed by atoms with van der Waals surface area (Å²) in [7, 11) is 4.25. The number of rotatable bonds is 4. The van der Waals surface area contributed by atoms with Crippen LogP contribution in [0.2, 0.25) is 0 Å². The molecule has 0 unspecified atom stereocenters. The summed E-state index contributed by atoms with van der Waals surface area (Å²) < 4.78 is 0. The molecule has 7 nitrogen and oxygen atoms in total. The summed E-state index contributed by atoms with van der Waals surface area (Å²) >= 11 is 0. The normalized spacial score (nSPS) is 14.6. The van der Waals surface area contributed by atoms with Crippen molar-refractivity contribution < 1.29 is 0 Å².